The molecular formula is C13H20ClN3O. The van der Waals surface area contributed by atoms with Gasteiger partial charge < -0.3 is 11.1 Å². The van der Waals surface area contributed by atoms with Gasteiger partial charge in [0, 0.05) is 12.6 Å². The number of nitrogens with zero attached hydrogens (tertiary/aromatic N) is 1. The third-order valence-electron chi connectivity index (χ3n) is 2.65. The average Bonchev–Trinajstić information content (AvgIpc) is 2.30. The molecule has 3 N–H and O–H groups in total. The first-order chi connectivity index (χ1) is 8.52. The number of carbonyl (C=O) groups excluding carboxylic acids is 1. The molecule has 1 atom stereocenters. The maximum absolute atomic E-state index is 11.9. The average molecular weight is 270 g/mol. The monoisotopic (exact) mass is 269 g/mol. The Labute approximate surface area is 113 Å². The van der Waals surface area contributed by atoms with Crippen LogP contribution in [0.15, 0.2) is 18.5 Å². The molecule has 1 heterocycles. The van der Waals surface area contributed by atoms with E-state index in [0.29, 0.717) is 29.6 Å². The molecule has 0 aliphatic rings. The summed E-state index contributed by atoms with van der Waals surface area (Å²) in [4.78, 5) is 15.8. The van der Waals surface area contributed by atoms with E-state index in [9.17, 15) is 4.79 Å². The number of hydrogen-bond acceptors (Lipinski definition) is 3. The van der Waals surface area contributed by atoms with E-state index in [1.165, 1.54) is 0 Å². The fourth-order valence-electron chi connectivity index (χ4n) is 1.86. The van der Waals surface area contributed by atoms with Gasteiger partial charge in [-0.05, 0) is 30.9 Å². The van der Waals surface area contributed by atoms with Crippen LogP contribution in [0.25, 0.3) is 0 Å². The van der Waals surface area contributed by atoms with Crippen LogP contribution in [0.5, 0.6) is 0 Å². The highest BCUT2D eigenvalue weighted by Crippen LogP contribution is 2.20. The highest BCUT2D eigenvalue weighted by molar-refractivity contribution is 6.33. The van der Waals surface area contributed by atoms with Gasteiger partial charge in [-0.25, -0.2) is 0 Å². The number of anilines is 1. The molecule has 5 heteroatoms. The summed E-state index contributed by atoms with van der Waals surface area (Å²) in [6.45, 7) is 4.77. The summed E-state index contributed by atoms with van der Waals surface area (Å²) in [7, 11) is 0. The summed E-state index contributed by atoms with van der Waals surface area (Å²) in [5.74, 6) is 0.676. The highest BCUT2D eigenvalue weighted by Gasteiger charge is 2.14. The van der Waals surface area contributed by atoms with Gasteiger partial charge in [0.1, 0.15) is 0 Å². The van der Waals surface area contributed by atoms with Gasteiger partial charge in [0.25, 0.3) is 0 Å². The van der Waals surface area contributed by atoms with Crippen molar-refractivity contribution in [2.24, 2.45) is 17.6 Å². The third kappa shape index (κ3) is 5.02. The molecule has 0 fully saturated rings. The number of halogens is 1. The van der Waals surface area contributed by atoms with Crippen molar-refractivity contribution >= 4 is 23.2 Å². The van der Waals surface area contributed by atoms with Gasteiger partial charge in [0.15, 0.2) is 0 Å². The Balaban J connectivity index is 2.53. The van der Waals surface area contributed by atoms with E-state index in [1.54, 1.807) is 18.5 Å². The topological polar surface area (TPSA) is 68.0 Å². The Kier molecular flexibility index (Phi) is 6.09. The minimum absolute atomic E-state index is 0.0685. The van der Waals surface area contributed by atoms with Gasteiger partial charge in [-0.2, -0.15) is 0 Å². The zero-order valence-corrected chi connectivity index (χ0v) is 11.6. The zero-order valence-electron chi connectivity index (χ0n) is 10.8. The van der Waals surface area contributed by atoms with Crippen molar-refractivity contribution in [1.29, 1.82) is 0 Å². The molecule has 0 aliphatic heterocycles. The number of carbonyl (C=O) groups is 1. The molecule has 1 rings (SSSR count). The fourth-order valence-corrected chi connectivity index (χ4v) is 2.01. The van der Waals surface area contributed by atoms with Gasteiger partial charge in [0.2, 0.25) is 5.91 Å². The van der Waals surface area contributed by atoms with E-state index in [0.717, 1.165) is 6.42 Å². The molecule has 0 saturated carbocycles. The Hall–Kier alpha value is -1.13. The van der Waals surface area contributed by atoms with Crippen molar-refractivity contribution in [3.8, 4) is 0 Å². The maximum Gasteiger partial charge on any atom is 0.224 e. The minimum atomic E-state index is -0.0685. The van der Waals surface area contributed by atoms with Gasteiger partial charge in [-0.1, -0.05) is 25.4 Å². The Morgan fingerprint density at radius 2 is 2.28 bits per heavy atom. The van der Waals surface area contributed by atoms with Crippen molar-refractivity contribution in [3.63, 3.8) is 0 Å². The van der Waals surface area contributed by atoms with Gasteiger partial charge >= 0.3 is 0 Å². The largest absolute Gasteiger partial charge is 0.330 e. The van der Waals surface area contributed by atoms with Crippen LogP contribution < -0.4 is 11.1 Å². The number of aromatic nitrogens is 1. The van der Waals surface area contributed by atoms with Crippen molar-refractivity contribution in [1.82, 2.24) is 4.98 Å². The molecule has 0 aromatic carbocycles. The molecule has 0 radical (unpaired) electrons. The van der Waals surface area contributed by atoms with Gasteiger partial charge in [-0.3, -0.25) is 9.78 Å². The predicted octanol–water partition coefficient (Wildman–Crippen LogP) is 2.68. The third-order valence-corrected chi connectivity index (χ3v) is 2.98. The molecule has 1 amide bonds. The number of hydrogen-bond donors (Lipinski definition) is 2. The standard InChI is InChI=1S/C13H20ClN3O/c1-9(2)5-10(7-15)6-13(18)17-12-8-16-4-3-11(12)14/h3-4,8-10H,5-7,15H2,1-2H3,(H,17,18)/t10-/m0/s1. The van der Waals surface area contributed by atoms with Crippen LogP contribution in [0, 0.1) is 11.8 Å². The summed E-state index contributed by atoms with van der Waals surface area (Å²) in [6.07, 6.45) is 4.49. The Morgan fingerprint density at radius 3 is 2.83 bits per heavy atom. The second-order valence-electron chi connectivity index (χ2n) is 4.84. The second-order valence-corrected chi connectivity index (χ2v) is 5.25. The van der Waals surface area contributed by atoms with Gasteiger partial charge in [-0.15, -0.1) is 0 Å². The predicted molar refractivity (Wildman–Crippen MR) is 74.5 cm³/mol. The summed E-state index contributed by atoms with van der Waals surface area (Å²) < 4.78 is 0. The first-order valence-electron chi connectivity index (χ1n) is 6.12. The van der Waals surface area contributed by atoms with Crippen LogP contribution in [0.4, 0.5) is 5.69 Å². The maximum atomic E-state index is 11.9. The molecule has 1 aromatic rings. The zero-order chi connectivity index (χ0) is 13.5. The summed E-state index contributed by atoms with van der Waals surface area (Å²) in [6, 6.07) is 1.64. The lowest BCUT2D eigenvalue weighted by Crippen LogP contribution is -2.23. The van der Waals surface area contributed by atoms with Crippen LogP contribution in [-0.4, -0.2) is 17.4 Å². The van der Waals surface area contributed by atoms with E-state index < -0.39 is 0 Å². The molecule has 0 aliphatic carbocycles. The SMILES string of the molecule is CC(C)C[C@H](CN)CC(=O)Nc1cnccc1Cl. The van der Waals surface area contributed by atoms with Crippen LogP contribution in [0.3, 0.4) is 0 Å². The smallest absolute Gasteiger partial charge is 0.224 e. The number of pyridine rings is 1. The van der Waals surface area contributed by atoms with E-state index in [1.807, 2.05) is 0 Å². The van der Waals surface area contributed by atoms with Crippen LogP contribution in [0.1, 0.15) is 26.7 Å². The molecule has 18 heavy (non-hydrogen) atoms. The normalized spacial score (nSPS) is 12.5. The van der Waals surface area contributed by atoms with Crippen molar-refractivity contribution in [2.75, 3.05) is 11.9 Å². The van der Waals surface area contributed by atoms with Crippen molar-refractivity contribution < 1.29 is 4.79 Å². The van der Waals surface area contributed by atoms with Crippen molar-refractivity contribution in [3.05, 3.63) is 23.5 Å². The molecule has 0 bridgehead atoms. The lowest BCUT2D eigenvalue weighted by atomic mass is 9.94. The number of amides is 1. The summed E-state index contributed by atoms with van der Waals surface area (Å²) in [5.41, 5.74) is 6.22. The fraction of sp³-hybridized carbons (Fsp3) is 0.538. The molecule has 1 aromatic heterocycles. The highest BCUT2D eigenvalue weighted by atomic mass is 35.5. The quantitative estimate of drug-likeness (QED) is 0.834. The molecular weight excluding hydrogens is 250 g/mol. The minimum Gasteiger partial charge on any atom is -0.330 e. The Morgan fingerprint density at radius 1 is 1.56 bits per heavy atom. The van der Waals surface area contributed by atoms with Crippen LogP contribution in [-0.2, 0) is 4.79 Å². The first-order valence-corrected chi connectivity index (χ1v) is 6.50. The molecule has 0 saturated heterocycles. The Bertz CT molecular complexity index is 396. The summed E-state index contributed by atoms with van der Waals surface area (Å²) in [5, 5.41) is 3.25. The summed E-state index contributed by atoms with van der Waals surface area (Å²) >= 11 is 5.94. The molecule has 0 spiro atoms. The van der Waals surface area contributed by atoms with Crippen molar-refractivity contribution in [2.45, 2.75) is 26.7 Å². The van der Waals surface area contributed by atoms with E-state index in [2.05, 4.69) is 24.1 Å². The number of rotatable bonds is 6. The molecule has 0 unspecified atom stereocenters. The lowest BCUT2D eigenvalue weighted by Gasteiger charge is -2.16. The van der Waals surface area contributed by atoms with E-state index >= 15 is 0 Å². The first kappa shape index (κ1) is 14.9. The van der Waals surface area contributed by atoms with Crippen LogP contribution in [0.2, 0.25) is 5.02 Å². The molecule has 4 nitrogen and oxygen atoms in total. The second kappa shape index (κ2) is 7.34. The van der Waals surface area contributed by atoms with E-state index in [-0.39, 0.29) is 11.8 Å². The van der Waals surface area contributed by atoms with E-state index in [4.69, 9.17) is 17.3 Å². The number of nitrogens with two attached hydrogens (primary N) is 1. The van der Waals surface area contributed by atoms with Gasteiger partial charge in [0.05, 0.1) is 16.9 Å². The molecule has 100 valence electrons. The lowest BCUT2D eigenvalue weighted by molar-refractivity contribution is -0.117. The number of nitrogens with one attached hydrogen (secondary N) is 1. The van der Waals surface area contributed by atoms with Crippen LogP contribution >= 0.6 is 11.6 Å².